The van der Waals surface area contributed by atoms with Crippen molar-refractivity contribution in [1.82, 2.24) is 0 Å². The maximum atomic E-state index is 12.6. The fraction of sp³-hybridized carbons (Fsp3) is 1.00. The molecule has 0 fully saturated rings. The molecule has 0 heterocycles. The van der Waals surface area contributed by atoms with E-state index in [1.807, 2.05) is 0 Å². The van der Waals surface area contributed by atoms with E-state index in [9.17, 15) is 43.9 Å². The lowest BCUT2D eigenvalue weighted by molar-refractivity contribution is -0.356. The highest BCUT2D eigenvalue weighted by molar-refractivity contribution is 4.91. The summed E-state index contributed by atoms with van der Waals surface area (Å²) in [6.07, 6.45) is -15.2. The maximum Gasteiger partial charge on any atom is 0.459 e. The van der Waals surface area contributed by atoms with E-state index in [0.29, 0.717) is 6.92 Å². The van der Waals surface area contributed by atoms with Crippen molar-refractivity contribution in [2.75, 3.05) is 0 Å². The van der Waals surface area contributed by atoms with Crippen LogP contribution in [0.25, 0.3) is 0 Å². The Morgan fingerprint density at radius 2 is 1.17 bits per heavy atom. The maximum absolute atomic E-state index is 12.6. The molecule has 110 valence electrons. The zero-order valence-electron chi connectivity index (χ0n) is 8.77. The summed E-state index contributed by atoms with van der Waals surface area (Å²) in [5.74, 6) is -14.3. The second-order valence-electron chi connectivity index (χ2n) is 3.76. The summed E-state index contributed by atoms with van der Waals surface area (Å²) in [7, 11) is 0. The van der Waals surface area contributed by atoms with Crippen LogP contribution >= 0.6 is 0 Å². The van der Waals surface area contributed by atoms with Gasteiger partial charge in [0.05, 0.1) is 5.92 Å². The summed E-state index contributed by atoms with van der Waals surface area (Å²) in [4.78, 5) is 0. The minimum Gasteiger partial charge on any atom is -0.200 e. The first-order chi connectivity index (χ1) is 7.63. The van der Waals surface area contributed by atoms with Gasteiger partial charge in [0, 0.05) is 6.42 Å². The summed E-state index contributed by atoms with van der Waals surface area (Å²) in [6, 6.07) is 0. The second-order valence-corrected chi connectivity index (χ2v) is 3.76. The lowest BCUT2D eigenvalue weighted by Crippen LogP contribution is -2.52. The highest BCUT2D eigenvalue weighted by atomic mass is 19.4. The molecule has 10 heteroatoms. The van der Waals surface area contributed by atoms with E-state index in [0.717, 1.165) is 0 Å². The van der Waals surface area contributed by atoms with Crippen LogP contribution in [-0.4, -0.2) is 24.2 Å². The van der Waals surface area contributed by atoms with Gasteiger partial charge in [-0.3, -0.25) is 0 Å². The molecule has 0 saturated carbocycles. The zero-order chi connectivity index (χ0) is 15.0. The predicted octanol–water partition coefficient (Wildman–Crippen LogP) is 4.80. The van der Waals surface area contributed by atoms with Gasteiger partial charge < -0.3 is 0 Å². The molecule has 0 aromatic rings. The van der Waals surface area contributed by atoms with Crippen molar-refractivity contribution in [3.63, 3.8) is 0 Å². The van der Waals surface area contributed by atoms with Crippen LogP contribution in [0.3, 0.4) is 0 Å². The first-order valence-corrected chi connectivity index (χ1v) is 4.52. The van der Waals surface area contributed by atoms with Crippen molar-refractivity contribution in [3.8, 4) is 0 Å². The SMILES string of the molecule is CC(CCC(F)(F)C(F)(F)C(F)(F)F)C(F)(F)F. The molecule has 0 N–H and O–H groups in total. The smallest absolute Gasteiger partial charge is 0.200 e. The molecule has 0 amide bonds. The molecule has 1 unspecified atom stereocenters. The van der Waals surface area contributed by atoms with Gasteiger partial charge >= 0.3 is 24.2 Å². The quantitative estimate of drug-likeness (QED) is 0.653. The third kappa shape index (κ3) is 3.64. The zero-order valence-corrected chi connectivity index (χ0v) is 8.77. The highest BCUT2D eigenvalue weighted by Crippen LogP contribution is 2.49. The average Bonchev–Trinajstić information content (AvgIpc) is 2.10. The molecule has 0 aliphatic rings. The van der Waals surface area contributed by atoms with Gasteiger partial charge in [0.1, 0.15) is 0 Å². The van der Waals surface area contributed by atoms with Crippen LogP contribution < -0.4 is 0 Å². The monoisotopic (exact) mass is 294 g/mol. The Balaban J connectivity index is 4.78. The largest absolute Gasteiger partial charge is 0.459 e. The Kier molecular flexibility index (Phi) is 4.58. The van der Waals surface area contributed by atoms with E-state index in [2.05, 4.69) is 0 Å². The van der Waals surface area contributed by atoms with E-state index >= 15 is 0 Å². The minimum absolute atomic E-state index is 0.418. The molecule has 0 aliphatic carbocycles. The minimum atomic E-state index is -6.52. The Hall–Kier alpha value is -0.700. The molecule has 0 radical (unpaired) electrons. The predicted molar refractivity (Wildman–Crippen MR) is 40.4 cm³/mol. The van der Waals surface area contributed by atoms with Crippen LogP contribution in [0.1, 0.15) is 19.8 Å². The van der Waals surface area contributed by atoms with Gasteiger partial charge in [-0.25, -0.2) is 0 Å². The standard InChI is InChI=1S/C8H8F10/c1-4(6(11,12)13)2-3-5(9,10)7(14,15)8(16,17)18/h4H,2-3H2,1H3. The number of rotatable bonds is 4. The molecular formula is C8H8F10. The van der Waals surface area contributed by atoms with E-state index in [4.69, 9.17) is 0 Å². The van der Waals surface area contributed by atoms with Gasteiger partial charge in [-0.2, -0.15) is 43.9 Å². The van der Waals surface area contributed by atoms with Gasteiger partial charge in [0.25, 0.3) is 0 Å². The van der Waals surface area contributed by atoms with Gasteiger partial charge in [-0.05, 0) is 6.42 Å². The lowest BCUT2D eigenvalue weighted by Gasteiger charge is -2.29. The number of halogens is 10. The molecule has 0 aromatic carbocycles. The Labute approximate surface area is 94.9 Å². The Morgan fingerprint density at radius 1 is 0.778 bits per heavy atom. The van der Waals surface area contributed by atoms with Crippen LogP contribution in [0.2, 0.25) is 0 Å². The fourth-order valence-electron chi connectivity index (χ4n) is 0.926. The Bertz CT molecular complexity index is 273. The van der Waals surface area contributed by atoms with E-state index in [1.54, 1.807) is 0 Å². The third-order valence-electron chi connectivity index (χ3n) is 2.27. The fourth-order valence-corrected chi connectivity index (χ4v) is 0.926. The van der Waals surface area contributed by atoms with Gasteiger partial charge in [0.15, 0.2) is 0 Å². The molecule has 0 saturated heterocycles. The van der Waals surface area contributed by atoms with Crippen molar-refractivity contribution in [2.45, 2.75) is 44.0 Å². The van der Waals surface area contributed by atoms with Gasteiger partial charge in [0.2, 0.25) is 0 Å². The number of hydrogen-bond acceptors (Lipinski definition) is 0. The molecule has 0 aromatic heterocycles. The van der Waals surface area contributed by atoms with Crippen LogP contribution in [-0.2, 0) is 0 Å². The Morgan fingerprint density at radius 3 is 1.44 bits per heavy atom. The molecule has 0 spiro atoms. The first kappa shape index (κ1) is 17.3. The molecule has 1 atom stereocenters. The normalized spacial score (nSPS) is 16.8. The van der Waals surface area contributed by atoms with Crippen LogP contribution in [0, 0.1) is 5.92 Å². The number of hydrogen-bond donors (Lipinski definition) is 0. The van der Waals surface area contributed by atoms with Crippen molar-refractivity contribution in [1.29, 1.82) is 0 Å². The van der Waals surface area contributed by atoms with E-state index in [1.165, 1.54) is 0 Å². The lowest BCUT2D eigenvalue weighted by atomic mass is 9.98. The summed E-state index contributed by atoms with van der Waals surface area (Å²) in [6.45, 7) is 0.418. The third-order valence-corrected chi connectivity index (χ3v) is 2.27. The first-order valence-electron chi connectivity index (χ1n) is 4.52. The molecule has 0 nitrogen and oxygen atoms in total. The number of alkyl halides is 10. The molecule has 0 aliphatic heterocycles. The molecule has 0 bridgehead atoms. The van der Waals surface area contributed by atoms with Gasteiger partial charge in [-0.1, -0.05) is 6.92 Å². The second kappa shape index (κ2) is 4.76. The van der Waals surface area contributed by atoms with Crippen LogP contribution in [0.4, 0.5) is 43.9 Å². The summed E-state index contributed by atoms with van der Waals surface area (Å²) < 4.78 is 120. The average molecular weight is 294 g/mol. The van der Waals surface area contributed by atoms with E-state index in [-0.39, 0.29) is 0 Å². The summed E-state index contributed by atoms with van der Waals surface area (Å²) in [5.41, 5.74) is 0. The molecule has 0 rings (SSSR count). The highest BCUT2D eigenvalue weighted by Gasteiger charge is 2.72. The summed E-state index contributed by atoms with van der Waals surface area (Å²) >= 11 is 0. The van der Waals surface area contributed by atoms with Crippen LogP contribution in [0.15, 0.2) is 0 Å². The van der Waals surface area contributed by atoms with Crippen molar-refractivity contribution in [3.05, 3.63) is 0 Å². The molecular weight excluding hydrogens is 286 g/mol. The van der Waals surface area contributed by atoms with Crippen molar-refractivity contribution >= 4 is 0 Å². The topological polar surface area (TPSA) is 0 Å². The summed E-state index contributed by atoms with van der Waals surface area (Å²) in [5, 5.41) is 0. The van der Waals surface area contributed by atoms with Gasteiger partial charge in [-0.15, -0.1) is 0 Å². The molecule has 18 heavy (non-hydrogen) atoms. The van der Waals surface area contributed by atoms with E-state index < -0.39 is 43.0 Å². The van der Waals surface area contributed by atoms with Crippen molar-refractivity contribution < 1.29 is 43.9 Å². The van der Waals surface area contributed by atoms with Crippen molar-refractivity contribution in [2.24, 2.45) is 5.92 Å². The van der Waals surface area contributed by atoms with Crippen LogP contribution in [0.5, 0.6) is 0 Å².